The van der Waals surface area contributed by atoms with Crippen LogP contribution in [0.25, 0.3) is 0 Å². The van der Waals surface area contributed by atoms with Crippen LogP contribution in [-0.2, 0) is 6.54 Å². The van der Waals surface area contributed by atoms with E-state index in [4.69, 9.17) is 23.2 Å². The highest BCUT2D eigenvalue weighted by molar-refractivity contribution is 6.35. The molecule has 0 amide bonds. The molecule has 1 aliphatic heterocycles. The summed E-state index contributed by atoms with van der Waals surface area (Å²) in [5, 5.41) is 4.99. The van der Waals surface area contributed by atoms with Crippen LogP contribution in [0.4, 0.5) is 0 Å². The van der Waals surface area contributed by atoms with Gasteiger partial charge in [-0.15, -0.1) is 0 Å². The van der Waals surface area contributed by atoms with Gasteiger partial charge < -0.3 is 5.32 Å². The van der Waals surface area contributed by atoms with Crippen molar-refractivity contribution in [3.8, 4) is 0 Å². The zero-order valence-corrected chi connectivity index (χ0v) is 15.6. The first kappa shape index (κ1) is 17.8. The second kappa shape index (κ2) is 8.35. The van der Waals surface area contributed by atoms with Crippen molar-refractivity contribution in [2.75, 3.05) is 19.6 Å². The van der Waals surface area contributed by atoms with Crippen molar-refractivity contribution in [3.05, 3.63) is 69.2 Å². The third-order valence-corrected chi connectivity index (χ3v) is 5.30. The Balaban J connectivity index is 1.66. The Morgan fingerprint density at radius 1 is 1.04 bits per heavy atom. The fourth-order valence-electron chi connectivity index (χ4n) is 3.31. The normalized spacial score (nSPS) is 16.5. The molecule has 3 rings (SSSR count). The Hall–Kier alpha value is -1.06. The summed E-state index contributed by atoms with van der Waals surface area (Å²) in [5.74, 6) is 0. The van der Waals surface area contributed by atoms with Crippen molar-refractivity contribution >= 4 is 23.2 Å². The average Bonchev–Trinajstić information content (AvgIpc) is 3.09. The summed E-state index contributed by atoms with van der Waals surface area (Å²) in [6.07, 6.45) is 2.59. The quantitative estimate of drug-likeness (QED) is 0.756. The van der Waals surface area contributed by atoms with Gasteiger partial charge in [-0.2, -0.15) is 0 Å². The predicted octanol–water partition coefficient (Wildman–Crippen LogP) is 5.23. The first-order valence-electron chi connectivity index (χ1n) is 8.59. The molecule has 2 nitrogen and oxygen atoms in total. The molecule has 1 atom stereocenters. The van der Waals surface area contributed by atoms with Gasteiger partial charge in [0.1, 0.15) is 0 Å². The largest absolute Gasteiger partial charge is 0.311 e. The molecular weight excluding hydrogens is 339 g/mol. The summed E-state index contributed by atoms with van der Waals surface area (Å²) >= 11 is 12.2. The summed E-state index contributed by atoms with van der Waals surface area (Å²) in [6, 6.07) is 15.0. The molecule has 4 heteroatoms. The van der Waals surface area contributed by atoms with Crippen LogP contribution < -0.4 is 5.32 Å². The van der Waals surface area contributed by atoms with E-state index in [-0.39, 0.29) is 0 Å². The van der Waals surface area contributed by atoms with Crippen LogP contribution in [0, 0.1) is 6.92 Å². The lowest BCUT2D eigenvalue weighted by molar-refractivity contribution is 0.238. The number of hydrogen-bond acceptors (Lipinski definition) is 2. The van der Waals surface area contributed by atoms with Gasteiger partial charge in [-0.1, -0.05) is 59.1 Å². The van der Waals surface area contributed by atoms with Gasteiger partial charge in [0.25, 0.3) is 0 Å². The molecule has 1 aliphatic rings. The van der Waals surface area contributed by atoms with Crippen LogP contribution in [0.2, 0.25) is 10.0 Å². The van der Waals surface area contributed by atoms with Crippen molar-refractivity contribution < 1.29 is 0 Å². The van der Waals surface area contributed by atoms with Gasteiger partial charge in [0.2, 0.25) is 0 Å². The van der Waals surface area contributed by atoms with E-state index in [1.165, 1.54) is 37.1 Å². The molecule has 1 N–H and O–H groups in total. The van der Waals surface area contributed by atoms with Crippen LogP contribution in [0.5, 0.6) is 0 Å². The van der Waals surface area contributed by atoms with E-state index in [2.05, 4.69) is 41.4 Å². The van der Waals surface area contributed by atoms with E-state index >= 15 is 0 Å². The standard InChI is InChI=1S/C20H24Cl2N2/c1-15-4-6-16(7-5-15)20(24-10-2-3-11-24)14-23-13-17-8-9-18(21)12-19(17)22/h4-9,12,20,23H,2-3,10-11,13-14H2,1H3. The minimum Gasteiger partial charge on any atom is -0.311 e. The lowest BCUT2D eigenvalue weighted by atomic mass is 10.0. The number of benzene rings is 2. The van der Waals surface area contributed by atoms with Gasteiger partial charge >= 0.3 is 0 Å². The second-order valence-corrected chi connectivity index (χ2v) is 7.38. The Morgan fingerprint density at radius 3 is 2.42 bits per heavy atom. The topological polar surface area (TPSA) is 15.3 Å². The molecule has 0 radical (unpaired) electrons. The van der Waals surface area contributed by atoms with Crippen LogP contribution in [0.3, 0.4) is 0 Å². The molecule has 0 aliphatic carbocycles. The van der Waals surface area contributed by atoms with Gasteiger partial charge in [0.15, 0.2) is 0 Å². The number of likely N-dealkylation sites (tertiary alicyclic amines) is 1. The first-order chi connectivity index (χ1) is 11.6. The van der Waals surface area contributed by atoms with Crippen molar-refractivity contribution in [2.24, 2.45) is 0 Å². The minimum absolute atomic E-state index is 0.416. The van der Waals surface area contributed by atoms with Crippen molar-refractivity contribution in [3.63, 3.8) is 0 Å². The molecule has 0 spiro atoms. The number of halogens is 2. The molecule has 1 saturated heterocycles. The van der Waals surface area contributed by atoms with Crippen LogP contribution >= 0.6 is 23.2 Å². The monoisotopic (exact) mass is 362 g/mol. The smallest absolute Gasteiger partial charge is 0.0472 e. The lowest BCUT2D eigenvalue weighted by Gasteiger charge is -2.28. The molecule has 2 aromatic carbocycles. The number of aryl methyl sites for hydroxylation is 1. The maximum absolute atomic E-state index is 6.27. The Kier molecular flexibility index (Phi) is 6.18. The highest BCUT2D eigenvalue weighted by atomic mass is 35.5. The van der Waals surface area contributed by atoms with Gasteiger partial charge in [-0.25, -0.2) is 0 Å². The zero-order valence-electron chi connectivity index (χ0n) is 14.1. The lowest BCUT2D eigenvalue weighted by Crippen LogP contribution is -2.34. The summed E-state index contributed by atoms with van der Waals surface area (Å²) in [6.45, 7) is 6.17. The van der Waals surface area contributed by atoms with Crippen molar-refractivity contribution in [1.29, 1.82) is 0 Å². The maximum atomic E-state index is 6.27. The molecule has 1 unspecified atom stereocenters. The molecule has 1 heterocycles. The van der Waals surface area contributed by atoms with Crippen molar-refractivity contribution in [2.45, 2.75) is 32.4 Å². The first-order valence-corrected chi connectivity index (χ1v) is 9.34. The SMILES string of the molecule is Cc1ccc(C(CNCc2ccc(Cl)cc2Cl)N2CCCC2)cc1. The van der Waals surface area contributed by atoms with Crippen LogP contribution in [0.1, 0.15) is 35.6 Å². The molecule has 0 saturated carbocycles. The Labute approximate surface area is 154 Å². The predicted molar refractivity (Wildman–Crippen MR) is 103 cm³/mol. The van der Waals surface area contributed by atoms with Gasteiger partial charge in [0, 0.05) is 29.2 Å². The van der Waals surface area contributed by atoms with E-state index in [0.29, 0.717) is 11.1 Å². The maximum Gasteiger partial charge on any atom is 0.0472 e. The molecule has 1 fully saturated rings. The molecule has 2 aromatic rings. The van der Waals surface area contributed by atoms with Crippen LogP contribution in [-0.4, -0.2) is 24.5 Å². The third kappa shape index (κ3) is 4.52. The van der Waals surface area contributed by atoms with Gasteiger partial charge in [0.05, 0.1) is 0 Å². The van der Waals surface area contributed by atoms with E-state index in [9.17, 15) is 0 Å². The second-order valence-electron chi connectivity index (χ2n) is 6.54. The zero-order chi connectivity index (χ0) is 16.9. The summed E-state index contributed by atoms with van der Waals surface area (Å²) in [7, 11) is 0. The fourth-order valence-corrected chi connectivity index (χ4v) is 3.78. The van der Waals surface area contributed by atoms with Gasteiger partial charge in [-0.05, 0) is 56.1 Å². The minimum atomic E-state index is 0.416. The molecule has 0 aromatic heterocycles. The number of hydrogen-bond donors (Lipinski definition) is 1. The molecule has 0 bridgehead atoms. The summed E-state index contributed by atoms with van der Waals surface area (Å²) in [4.78, 5) is 2.58. The summed E-state index contributed by atoms with van der Waals surface area (Å²) in [5.41, 5.74) is 3.78. The Morgan fingerprint density at radius 2 is 1.75 bits per heavy atom. The average molecular weight is 363 g/mol. The fraction of sp³-hybridized carbons (Fsp3) is 0.400. The van der Waals surface area contributed by atoms with E-state index < -0.39 is 0 Å². The molecule has 24 heavy (non-hydrogen) atoms. The highest BCUT2D eigenvalue weighted by Crippen LogP contribution is 2.25. The molecular formula is C20H24Cl2N2. The Bertz CT molecular complexity index is 664. The van der Waals surface area contributed by atoms with E-state index in [1.54, 1.807) is 6.07 Å². The summed E-state index contributed by atoms with van der Waals surface area (Å²) < 4.78 is 0. The van der Waals surface area contributed by atoms with E-state index in [1.807, 2.05) is 12.1 Å². The highest BCUT2D eigenvalue weighted by Gasteiger charge is 2.23. The van der Waals surface area contributed by atoms with Crippen molar-refractivity contribution in [1.82, 2.24) is 10.2 Å². The van der Waals surface area contributed by atoms with E-state index in [0.717, 1.165) is 23.7 Å². The number of nitrogens with zero attached hydrogens (tertiary/aromatic N) is 1. The van der Waals surface area contributed by atoms with Gasteiger partial charge in [-0.3, -0.25) is 4.90 Å². The molecule has 128 valence electrons. The third-order valence-electron chi connectivity index (χ3n) is 4.71. The van der Waals surface area contributed by atoms with Crippen LogP contribution in [0.15, 0.2) is 42.5 Å². The number of rotatable bonds is 6. The number of nitrogens with one attached hydrogen (secondary N) is 1.